The van der Waals surface area contributed by atoms with Crippen LogP contribution >= 0.6 is 0 Å². The third-order valence-electron chi connectivity index (χ3n) is 3.86. The van der Waals surface area contributed by atoms with Gasteiger partial charge in [-0.05, 0) is 25.8 Å². The summed E-state index contributed by atoms with van der Waals surface area (Å²) in [6, 6.07) is 3.23. The fraction of sp³-hybridized carbons (Fsp3) is 0.667. The van der Waals surface area contributed by atoms with Crippen LogP contribution in [0.25, 0.3) is 0 Å². The fourth-order valence-corrected chi connectivity index (χ4v) is 3.01. The van der Waals surface area contributed by atoms with Crippen LogP contribution in [0.3, 0.4) is 0 Å². The standard InChI is InChI=1S/C12H19N5/c1-13-11-7-12(15-8-14-11)16-9-4-6-17-5-2-3-10(9)17/h7-10H,2-6H2,1H3,(H2,13,14,15,16). The zero-order valence-electron chi connectivity index (χ0n) is 10.2. The minimum atomic E-state index is 0.553. The molecule has 0 saturated carbocycles. The molecule has 5 nitrogen and oxygen atoms in total. The molecule has 92 valence electrons. The second-order valence-electron chi connectivity index (χ2n) is 4.82. The summed E-state index contributed by atoms with van der Waals surface area (Å²) in [7, 11) is 1.88. The molecule has 0 aromatic carbocycles. The van der Waals surface area contributed by atoms with E-state index in [1.165, 1.54) is 32.4 Å². The molecule has 1 aromatic heterocycles. The normalized spacial score (nSPS) is 28.1. The van der Waals surface area contributed by atoms with Gasteiger partial charge in [-0.2, -0.15) is 0 Å². The number of anilines is 2. The smallest absolute Gasteiger partial charge is 0.131 e. The predicted octanol–water partition coefficient (Wildman–Crippen LogP) is 1.17. The fourth-order valence-electron chi connectivity index (χ4n) is 3.01. The molecule has 3 heterocycles. The van der Waals surface area contributed by atoms with Gasteiger partial charge in [-0.1, -0.05) is 0 Å². The van der Waals surface area contributed by atoms with Gasteiger partial charge in [0.1, 0.15) is 18.0 Å². The lowest BCUT2D eigenvalue weighted by atomic mass is 10.1. The Balaban J connectivity index is 1.70. The van der Waals surface area contributed by atoms with Gasteiger partial charge >= 0.3 is 0 Å². The Morgan fingerprint density at radius 2 is 2.12 bits per heavy atom. The molecule has 0 radical (unpaired) electrons. The van der Waals surface area contributed by atoms with E-state index >= 15 is 0 Å². The van der Waals surface area contributed by atoms with E-state index in [1.807, 2.05) is 13.1 Å². The van der Waals surface area contributed by atoms with Gasteiger partial charge in [-0.25, -0.2) is 9.97 Å². The summed E-state index contributed by atoms with van der Waals surface area (Å²) >= 11 is 0. The highest BCUT2D eigenvalue weighted by atomic mass is 15.2. The van der Waals surface area contributed by atoms with Gasteiger partial charge in [0.05, 0.1) is 0 Å². The third-order valence-corrected chi connectivity index (χ3v) is 3.86. The second-order valence-corrected chi connectivity index (χ2v) is 4.82. The van der Waals surface area contributed by atoms with Gasteiger partial charge in [-0.3, -0.25) is 4.90 Å². The SMILES string of the molecule is CNc1cc(NC2CCN3CCCC23)ncn1. The minimum absolute atomic E-state index is 0.553. The Morgan fingerprint density at radius 1 is 1.24 bits per heavy atom. The molecule has 0 bridgehead atoms. The van der Waals surface area contributed by atoms with Crippen molar-refractivity contribution < 1.29 is 0 Å². The Morgan fingerprint density at radius 3 is 3.00 bits per heavy atom. The molecular weight excluding hydrogens is 214 g/mol. The molecular formula is C12H19N5. The molecule has 2 fully saturated rings. The van der Waals surface area contributed by atoms with E-state index in [0.29, 0.717) is 12.1 Å². The van der Waals surface area contributed by atoms with Gasteiger partial charge < -0.3 is 10.6 Å². The van der Waals surface area contributed by atoms with E-state index in [-0.39, 0.29) is 0 Å². The van der Waals surface area contributed by atoms with Gasteiger partial charge in [0.2, 0.25) is 0 Å². The highest BCUT2D eigenvalue weighted by molar-refractivity contribution is 5.46. The Kier molecular flexibility index (Phi) is 2.84. The molecule has 2 saturated heterocycles. The first-order valence-electron chi connectivity index (χ1n) is 6.37. The van der Waals surface area contributed by atoms with E-state index in [9.17, 15) is 0 Å². The van der Waals surface area contributed by atoms with Gasteiger partial charge in [-0.15, -0.1) is 0 Å². The lowest BCUT2D eigenvalue weighted by Gasteiger charge is -2.21. The number of aromatic nitrogens is 2. The number of nitrogens with one attached hydrogen (secondary N) is 2. The number of nitrogens with zero attached hydrogens (tertiary/aromatic N) is 3. The minimum Gasteiger partial charge on any atom is -0.373 e. The second kappa shape index (κ2) is 4.49. The van der Waals surface area contributed by atoms with Gasteiger partial charge in [0.15, 0.2) is 0 Å². The van der Waals surface area contributed by atoms with Gasteiger partial charge in [0.25, 0.3) is 0 Å². The predicted molar refractivity (Wildman–Crippen MR) is 68.2 cm³/mol. The average Bonchev–Trinajstić information content (AvgIpc) is 2.94. The summed E-state index contributed by atoms with van der Waals surface area (Å²) in [6.07, 6.45) is 5.50. The van der Waals surface area contributed by atoms with Crippen molar-refractivity contribution in [1.29, 1.82) is 0 Å². The summed E-state index contributed by atoms with van der Waals surface area (Å²) < 4.78 is 0. The molecule has 2 N–H and O–H groups in total. The molecule has 0 aliphatic carbocycles. The molecule has 2 unspecified atom stereocenters. The molecule has 2 aliphatic heterocycles. The quantitative estimate of drug-likeness (QED) is 0.820. The van der Waals surface area contributed by atoms with Crippen molar-refractivity contribution in [3.8, 4) is 0 Å². The van der Waals surface area contributed by atoms with Crippen molar-refractivity contribution in [2.45, 2.75) is 31.3 Å². The Hall–Kier alpha value is -1.36. The van der Waals surface area contributed by atoms with E-state index in [1.54, 1.807) is 6.33 Å². The highest BCUT2D eigenvalue weighted by Crippen LogP contribution is 2.29. The number of hydrogen-bond acceptors (Lipinski definition) is 5. The largest absolute Gasteiger partial charge is 0.373 e. The lowest BCUT2D eigenvalue weighted by Crippen LogP contribution is -2.34. The summed E-state index contributed by atoms with van der Waals surface area (Å²) in [5.41, 5.74) is 0. The monoisotopic (exact) mass is 233 g/mol. The average molecular weight is 233 g/mol. The molecule has 3 rings (SSSR count). The number of rotatable bonds is 3. The van der Waals surface area contributed by atoms with E-state index in [0.717, 1.165) is 11.6 Å². The van der Waals surface area contributed by atoms with Crippen LogP contribution in [0.1, 0.15) is 19.3 Å². The number of fused-ring (bicyclic) bond motifs is 1. The van der Waals surface area contributed by atoms with Crippen LogP contribution in [0.5, 0.6) is 0 Å². The molecule has 17 heavy (non-hydrogen) atoms. The van der Waals surface area contributed by atoms with Crippen LogP contribution in [0, 0.1) is 0 Å². The van der Waals surface area contributed by atoms with Crippen LogP contribution in [0.4, 0.5) is 11.6 Å². The maximum Gasteiger partial charge on any atom is 0.131 e. The summed E-state index contributed by atoms with van der Waals surface area (Å²) in [5.74, 6) is 1.80. The summed E-state index contributed by atoms with van der Waals surface area (Å²) in [5, 5.41) is 6.59. The van der Waals surface area contributed by atoms with E-state index in [2.05, 4.69) is 25.5 Å². The topological polar surface area (TPSA) is 53.1 Å². The maximum atomic E-state index is 4.28. The van der Waals surface area contributed by atoms with Crippen LogP contribution in [0.15, 0.2) is 12.4 Å². The first kappa shape index (κ1) is 10.8. The zero-order valence-corrected chi connectivity index (χ0v) is 10.2. The summed E-state index contributed by atoms with van der Waals surface area (Å²) in [4.78, 5) is 11.0. The van der Waals surface area contributed by atoms with E-state index < -0.39 is 0 Å². The van der Waals surface area contributed by atoms with Crippen LogP contribution in [0.2, 0.25) is 0 Å². The van der Waals surface area contributed by atoms with Crippen molar-refractivity contribution in [3.63, 3.8) is 0 Å². The molecule has 5 heteroatoms. The third kappa shape index (κ3) is 2.07. The molecule has 0 amide bonds. The molecule has 0 spiro atoms. The van der Waals surface area contributed by atoms with Crippen LogP contribution in [-0.2, 0) is 0 Å². The van der Waals surface area contributed by atoms with E-state index in [4.69, 9.17) is 0 Å². The number of hydrogen-bond donors (Lipinski definition) is 2. The van der Waals surface area contributed by atoms with Crippen molar-refractivity contribution in [2.24, 2.45) is 0 Å². The molecule has 2 aliphatic rings. The van der Waals surface area contributed by atoms with Crippen LogP contribution < -0.4 is 10.6 Å². The first-order chi connectivity index (χ1) is 8.36. The van der Waals surface area contributed by atoms with Crippen molar-refractivity contribution in [1.82, 2.24) is 14.9 Å². The van der Waals surface area contributed by atoms with Crippen molar-refractivity contribution >= 4 is 11.6 Å². The van der Waals surface area contributed by atoms with Crippen molar-refractivity contribution in [2.75, 3.05) is 30.8 Å². The maximum absolute atomic E-state index is 4.28. The lowest BCUT2D eigenvalue weighted by molar-refractivity contribution is 0.318. The van der Waals surface area contributed by atoms with Crippen molar-refractivity contribution in [3.05, 3.63) is 12.4 Å². The Bertz CT molecular complexity index is 394. The first-order valence-corrected chi connectivity index (χ1v) is 6.37. The van der Waals surface area contributed by atoms with Crippen LogP contribution in [-0.4, -0.2) is 47.1 Å². The van der Waals surface area contributed by atoms with Gasteiger partial charge in [0, 0.05) is 31.7 Å². The Labute approximate surface area is 102 Å². The molecule has 2 atom stereocenters. The summed E-state index contributed by atoms with van der Waals surface area (Å²) in [6.45, 7) is 2.50. The zero-order chi connectivity index (χ0) is 11.7. The molecule has 1 aromatic rings. The highest BCUT2D eigenvalue weighted by Gasteiger charge is 2.37.